The summed E-state index contributed by atoms with van der Waals surface area (Å²) in [5.74, 6) is -0.182. The van der Waals surface area contributed by atoms with Crippen molar-refractivity contribution >= 4 is 21.8 Å². The van der Waals surface area contributed by atoms with Gasteiger partial charge in [-0.2, -0.15) is 0 Å². The number of sulfonamides is 1. The zero-order valence-electron chi connectivity index (χ0n) is 17.8. The molecule has 11 heteroatoms. The van der Waals surface area contributed by atoms with E-state index in [9.17, 15) is 18.0 Å². The molecule has 2 aliphatic heterocycles. The Kier molecular flexibility index (Phi) is 8.38. The first-order valence-corrected chi connectivity index (χ1v) is 11.8. The molecule has 0 aliphatic carbocycles. The Morgan fingerprint density at radius 1 is 1.06 bits per heavy atom. The zero-order chi connectivity index (χ0) is 22.3. The molecule has 31 heavy (non-hydrogen) atoms. The molecule has 0 radical (unpaired) electrons. The molecular weight excluding hydrogens is 424 g/mol. The van der Waals surface area contributed by atoms with E-state index in [-0.39, 0.29) is 29.9 Å². The second-order valence-electron chi connectivity index (χ2n) is 7.48. The molecule has 2 amide bonds. The first kappa shape index (κ1) is 23.6. The highest BCUT2D eigenvalue weighted by atomic mass is 32.2. The van der Waals surface area contributed by atoms with Crippen LogP contribution in [-0.4, -0.2) is 114 Å². The van der Waals surface area contributed by atoms with Crippen molar-refractivity contribution in [2.45, 2.75) is 4.90 Å². The Hall–Kier alpha value is -2.05. The molecule has 0 bridgehead atoms. The number of nitrogens with one attached hydrogen (secondary N) is 1. The van der Waals surface area contributed by atoms with Gasteiger partial charge in [0.05, 0.1) is 31.3 Å². The highest BCUT2D eigenvalue weighted by Gasteiger charge is 2.27. The van der Waals surface area contributed by atoms with Gasteiger partial charge in [0.15, 0.2) is 0 Å². The Labute approximate surface area is 183 Å². The molecule has 0 aromatic heterocycles. The molecule has 3 rings (SSSR count). The Morgan fingerprint density at radius 3 is 2.42 bits per heavy atom. The van der Waals surface area contributed by atoms with Crippen molar-refractivity contribution < 1.29 is 27.5 Å². The molecular formula is C20H30N4O6S. The van der Waals surface area contributed by atoms with Crippen LogP contribution in [0.5, 0.6) is 0 Å². The normalized spacial score (nSPS) is 18.2. The van der Waals surface area contributed by atoms with Gasteiger partial charge in [-0.1, -0.05) is 6.07 Å². The average Bonchev–Trinajstić information content (AvgIpc) is 2.79. The smallest absolute Gasteiger partial charge is 0.254 e. The lowest BCUT2D eigenvalue weighted by Gasteiger charge is -2.36. The topological polar surface area (TPSA) is 108 Å². The first-order chi connectivity index (χ1) is 14.9. The van der Waals surface area contributed by atoms with Gasteiger partial charge in [-0.05, 0) is 18.2 Å². The van der Waals surface area contributed by atoms with E-state index in [1.165, 1.54) is 19.2 Å². The molecule has 0 atom stereocenters. The van der Waals surface area contributed by atoms with Crippen LogP contribution in [0.3, 0.4) is 0 Å². The van der Waals surface area contributed by atoms with Crippen molar-refractivity contribution in [3.63, 3.8) is 0 Å². The summed E-state index contributed by atoms with van der Waals surface area (Å²) in [5, 5.41) is 0. The van der Waals surface area contributed by atoms with Crippen LogP contribution in [0.25, 0.3) is 0 Å². The molecule has 0 spiro atoms. The largest absolute Gasteiger partial charge is 0.383 e. The number of amides is 2. The molecule has 1 N–H and O–H groups in total. The molecule has 1 aromatic rings. The molecule has 0 saturated carbocycles. The fourth-order valence-electron chi connectivity index (χ4n) is 3.55. The fourth-order valence-corrected chi connectivity index (χ4v) is 4.61. The lowest BCUT2D eigenvalue weighted by atomic mass is 10.2. The number of nitrogens with zero attached hydrogens (tertiary/aromatic N) is 3. The van der Waals surface area contributed by atoms with Crippen molar-refractivity contribution in [3.8, 4) is 0 Å². The molecule has 172 valence electrons. The average molecular weight is 455 g/mol. The van der Waals surface area contributed by atoms with Crippen molar-refractivity contribution in [1.82, 2.24) is 19.4 Å². The van der Waals surface area contributed by atoms with Crippen molar-refractivity contribution in [2.24, 2.45) is 0 Å². The van der Waals surface area contributed by atoms with Crippen molar-refractivity contribution in [3.05, 3.63) is 29.8 Å². The number of benzene rings is 1. The van der Waals surface area contributed by atoms with Crippen LogP contribution in [0.1, 0.15) is 10.4 Å². The van der Waals surface area contributed by atoms with Gasteiger partial charge in [0.25, 0.3) is 5.91 Å². The van der Waals surface area contributed by atoms with E-state index in [1.54, 1.807) is 21.9 Å². The summed E-state index contributed by atoms with van der Waals surface area (Å²) in [4.78, 5) is 31.0. The summed E-state index contributed by atoms with van der Waals surface area (Å²) in [5.41, 5.74) is 0.308. The maximum absolute atomic E-state index is 12.9. The summed E-state index contributed by atoms with van der Waals surface area (Å²) in [6, 6.07) is 5.99. The highest BCUT2D eigenvalue weighted by molar-refractivity contribution is 7.89. The van der Waals surface area contributed by atoms with Gasteiger partial charge in [0, 0.05) is 58.5 Å². The van der Waals surface area contributed by atoms with E-state index in [4.69, 9.17) is 9.47 Å². The predicted molar refractivity (Wildman–Crippen MR) is 113 cm³/mol. The number of morpholine rings is 1. The van der Waals surface area contributed by atoms with Crippen LogP contribution in [0.4, 0.5) is 0 Å². The third-order valence-electron chi connectivity index (χ3n) is 5.37. The molecule has 1 aromatic carbocycles. The quantitative estimate of drug-likeness (QED) is 0.514. The van der Waals surface area contributed by atoms with Crippen LogP contribution < -0.4 is 4.72 Å². The number of piperazine rings is 1. The number of rotatable bonds is 8. The summed E-state index contributed by atoms with van der Waals surface area (Å²) in [7, 11) is -2.23. The van der Waals surface area contributed by atoms with Gasteiger partial charge in [-0.15, -0.1) is 0 Å². The van der Waals surface area contributed by atoms with Gasteiger partial charge in [-0.25, -0.2) is 13.1 Å². The third-order valence-corrected chi connectivity index (χ3v) is 6.83. The van der Waals surface area contributed by atoms with E-state index in [2.05, 4.69) is 9.62 Å². The first-order valence-electron chi connectivity index (χ1n) is 10.4. The molecule has 2 saturated heterocycles. The van der Waals surface area contributed by atoms with Crippen LogP contribution in [-0.2, 0) is 24.3 Å². The van der Waals surface area contributed by atoms with E-state index >= 15 is 0 Å². The van der Waals surface area contributed by atoms with Gasteiger partial charge in [0.1, 0.15) is 0 Å². The zero-order valence-corrected chi connectivity index (χ0v) is 18.6. The summed E-state index contributed by atoms with van der Waals surface area (Å²) < 4.78 is 37.4. The predicted octanol–water partition coefficient (Wildman–Crippen LogP) is -0.772. The maximum Gasteiger partial charge on any atom is 0.254 e. The molecule has 2 heterocycles. The number of carbonyl (C=O) groups excluding carboxylic acids is 2. The van der Waals surface area contributed by atoms with Crippen LogP contribution >= 0.6 is 0 Å². The Morgan fingerprint density at radius 2 is 1.74 bits per heavy atom. The molecule has 0 unspecified atom stereocenters. The van der Waals surface area contributed by atoms with Crippen LogP contribution in [0.2, 0.25) is 0 Å². The van der Waals surface area contributed by atoms with Crippen molar-refractivity contribution in [2.75, 3.05) is 79.3 Å². The number of hydrogen-bond acceptors (Lipinski definition) is 7. The second kappa shape index (κ2) is 11.0. The molecule has 2 fully saturated rings. The lowest BCUT2D eigenvalue weighted by molar-refractivity contribution is -0.134. The minimum Gasteiger partial charge on any atom is -0.383 e. The summed E-state index contributed by atoms with van der Waals surface area (Å²) in [6.45, 7) is 5.33. The SMILES string of the molecule is COCCNS(=O)(=O)c1cccc(C(=O)N2CCN(C(=O)CN3CCOCC3)CC2)c1. The fraction of sp³-hybridized carbons (Fsp3) is 0.600. The molecule has 10 nitrogen and oxygen atoms in total. The Balaban J connectivity index is 1.55. The number of methoxy groups -OCH3 is 1. The monoisotopic (exact) mass is 454 g/mol. The van der Waals surface area contributed by atoms with E-state index in [1.807, 2.05) is 0 Å². The second-order valence-corrected chi connectivity index (χ2v) is 9.25. The summed E-state index contributed by atoms with van der Waals surface area (Å²) >= 11 is 0. The Bertz CT molecular complexity index is 864. The van der Waals surface area contributed by atoms with E-state index < -0.39 is 10.0 Å². The van der Waals surface area contributed by atoms with E-state index in [0.29, 0.717) is 51.5 Å². The van der Waals surface area contributed by atoms with Gasteiger partial charge < -0.3 is 19.3 Å². The minimum atomic E-state index is -3.72. The van der Waals surface area contributed by atoms with Crippen LogP contribution in [0.15, 0.2) is 29.2 Å². The molecule has 2 aliphatic rings. The maximum atomic E-state index is 12.9. The highest BCUT2D eigenvalue weighted by Crippen LogP contribution is 2.15. The van der Waals surface area contributed by atoms with Crippen LogP contribution in [0, 0.1) is 0 Å². The standard InChI is InChI=1S/C20H30N4O6S/c1-29-12-5-21-31(27,28)18-4-2-3-17(15-18)20(26)24-8-6-23(7-9-24)19(25)16-22-10-13-30-14-11-22/h2-4,15,21H,5-14,16H2,1H3. The third kappa shape index (κ3) is 6.47. The minimum absolute atomic E-state index is 0.0359. The van der Waals surface area contributed by atoms with Gasteiger partial charge in [-0.3, -0.25) is 14.5 Å². The number of hydrogen-bond donors (Lipinski definition) is 1. The summed E-state index contributed by atoms with van der Waals surface area (Å²) in [6.07, 6.45) is 0. The van der Waals surface area contributed by atoms with Gasteiger partial charge in [0.2, 0.25) is 15.9 Å². The van der Waals surface area contributed by atoms with E-state index in [0.717, 1.165) is 13.1 Å². The number of ether oxygens (including phenoxy) is 2. The van der Waals surface area contributed by atoms with Crippen molar-refractivity contribution in [1.29, 1.82) is 0 Å². The number of carbonyl (C=O) groups is 2. The van der Waals surface area contributed by atoms with Gasteiger partial charge >= 0.3 is 0 Å². The lowest BCUT2D eigenvalue weighted by Crippen LogP contribution is -2.53.